The van der Waals surface area contributed by atoms with E-state index in [1.54, 1.807) is 0 Å². The van der Waals surface area contributed by atoms with E-state index in [0.29, 0.717) is 0 Å². The summed E-state index contributed by atoms with van der Waals surface area (Å²) in [5.74, 6) is -1.12. The number of benzene rings is 1. The van der Waals surface area contributed by atoms with E-state index < -0.39 is 5.97 Å². The van der Waals surface area contributed by atoms with Crippen LogP contribution < -0.4 is 11.5 Å². The fraction of sp³-hybridized carbons (Fsp3) is 0. The average molecular weight is 187 g/mol. The summed E-state index contributed by atoms with van der Waals surface area (Å²) in [4.78, 5) is 10.5. The third-order valence-electron chi connectivity index (χ3n) is 1.40. The second-order valence-electron chi connectivity index (χ2n) is 2.27. The van der Waals surface area contributed by atoms with Gasteiger partial charge in [-0.2, -0.15) is 0 Å². The summed E-state index contributed by atoms with van der Waals surface area (Å²) < 4.78 is 0. The predicted molar refractivity (Wildman–Crippen MR) is 47.2 cm³/mol. The Morgan fingerprint density at radius 2 is 1.92 bits per heavy atom. The van der Waals surface area contributed by atoms with E-state index in [1.807, 2.05) is 0 Å². The molecule has 0 radical (unpaired) electrons. The van der Waals surface area contributed by atoms with Crippen molar-refractivity contribution in [3.05, 3.63) is 22.7 Å². The molecule has 0 atom stereocenters. The normalized spacial score (nSPS) is 9.75. The first-order valence-corrected chi connectivity index (χ1v) is 3.48. The molecule has 0 heterocycles. The molecule has 0 spiro atoms. The summed E-state index contributed by atoms with van der Waals surface area (Å²) in [5.41, 5.74) is 11.1. The van der Waals surface area contributed by atoms with Crippen LogP contribution in [0.5, 0.6) is 0 Å². The molecular weight excluding hydrogens is 180 g/mol. The Morgan fingerprint density at radius 1 is 1.33 bits per heavy atom. The molecule has 0 saturated heterocycles. The molecule has 5 heteroatoms. The summed E-state index contributed by atoms with van der Waals surface area (Å²) >= 11 is 5.59. The number of halogens is 1. The van der Waals surface area contributed by atoms with E-state index in [1.165, 1.54) is 12.1 Å². The Kier molecular flexibility index (Phi) is 2.10. The fourth-order valence-electron chi connectivity index (χ4n) is 0.793. The van der Waals surface area contributed by atoms with Crippen LogP contribution in [0.15, 0.2) is 12.1 Å². The SMILES string of the molecule is Nc1cc(N)c(C(=O)O)cc1Cl. The highest BCUT2D eigenvalue weighted by atomic mass is 35.5. The molecule has 0 fully saturated rings. The van der Waals surface area contributed by atoms with Gasteiger partial charge < -0.3 is 16.6 Å². The number of carboxylic acids is 1. The van der Waals surface area contributed by atoms with Gasteiger partial charge >= 0.3 is 5.97 Å². The second-order valence-corrected chi connectivity index (χ2v) is 2.67. The molecule has 0 aromatic heterocycles. The summed E-state index contributed by atoms with van der Waals surface area (Å²) in [5, 5.41) is 8.80. The van der Waals surface area contributed by atoms with Crippen LogP contribution >= 0.6 is 11.6 Å². The maximum atomic E-state index is 10.5. The van der Waals surface area contributed by atoms with Gasteiger partial charge in [-0.3, -0.25) is 0 Å². The van der Waals surface area contributed by atoms with E-state index in [0.717, 1.165) is 0 Å². The van der Waals surface area contributed by atoms with Crippen LogP contribution in [0.3, 0.4) is 0 Å². The molecule has 0 aliphatic carbocycles. The molecule has 0 amide bonds. The monoisotopic (exact) mass is 186 g/mol. The molecule has 0 unspecified atom stereocenters. The lowest BCUT2D eigenvalue weighted by Crippen LogP contribution is -2.03. The molecule has 5 N–H and O–H groups in total. The number of nitrogens with two attached hydrogens (primary N) is 2. The van der Waals surface area contributed by atoms with Crippen LogP contribution in [0.4, 0.5) is 11.4 Å². The van der Waals surface area contributed by atoms with Crippen molar-refractivity contribution in [2.24, 2.45) is 0 Å². The molecular formula is C7H7ClN2O2. The zero-order valence-electron chi connectivity index (χ0n) is 6.04. The first kappa shape index (κ1) is 8.67. The van der Waals surface area contributed by atoms with Crippen molar-refractivity contribution < 1.29 is 9.90 Å². The third-order valence-corrected chi connectivity index (χ3v) is 1.73. The number of hydrogen-bond donors (Lipinski definition) is 3. The van der Waals surface area contributed by atoms with Crippen molar-refractivity contribution in [2.45, 2.75) is 0 Å². The highest BCUT2D eigenvalue weighted by Gasteiger charge is 2.09. The minimum atomic E-state index is -1.12. The van der Waals surface area contributed by atoms with Gasteiger partial charge in [0.1, 0.15) is 0 Å². The Balaban J connectivity index is 3.33. The number of carbonyl (C=O) groups is 1. The number of hydrogen-bond acceptors (Lipinski definition) is 3. The predicted octanol–water partition coefficient (Wildman–Crippen LogP) is 1.20. The van der Waals surface area contributed by atoms with Crippen LogP contribution in [-0.2, 0) is 0 Å². The first-order valence-electron chi connectivity index (χ1n) is 3.10. The van der Waals surface area contributed by atoms with Crippen molar-refractivity contribution in [3.63, 3.8) is 0 Å². The lowest BCUT2D eigenvalue weighted by molar-refractivity contribution is 0.0698. The topological polar surface area (TPSA) is 89.3 Å². The van der Waals surface area contributed by atoms with Crippen LogP contribution in [0, 0.1) is 0 Å². The van der Waals surface area contributed by atoms with Crippen LogP contribution in [0.1, 0.15) is 10.4 Å². The summed E-state index contributed by atoms with van der Waals surface area (Å²) in [7, 11) is 0. The van der Waals surface area contributed by atoms with Gasteiger partial charge in [0.25, 0.3) is 0 Å². The molecule has 1 rings (SSSR count). The Morgan fingerprint density at radius 3 is 2.42 bits per heavy atom. The molecule has 12 heavy (non-hydrogen) atoms. The Hall–Kier alpha value is -1.42. The molecule has 0 aliphatic rings. The standard InChI is InChI=1S/C7H7ClN2O2/c8-4-1-3(7(11)12)5(9)2-6(4)10/h1-2H,9-10H2,(H,11,12). The number of nitrogen functional groups attached to an aromatic ring is 2. The highest BCUT2D eigenvalue weighted by Crippen LogP contribution is 2.24. The van der Waals surface area contributed by atoms with Crippen LogP contribution in [0.25, 0.3) is 0 Å². The second kappa shape index (κ2) is 2.91. The first-order chi connectivity index (χ1) is 5.52. The number of rotatable bonds is 1. The summed E-state index contributed by atoms with van der Waals surface area (Å²) in [6.45, 7) is 0. The van der Waals surface area contributed by atoms with Crippen molar-refractivity contribution in [2.75, 3.05) is 11.5 Å². The van der Waals surface area contributed by atoms with Crippen LogP contribution in [0.2, 0.25) is 5.02 Å². The van der Waals surface area contributed by atoms with Gasteiger partial charge in [0.05, 0.1) is 16.3 Å². The molecule has 1 aromatic rings. The van der Waals surface area contributed by atoms with Crippen molar-refractivity contribution in [1.82, 2.24) is 0 Å². The van der Waals surface area contributed by atoms with Crippen molar-refractivity contribution >= 4 is 28.9 Å². The Labute approximate surface area is 73.7 Å². The van der Waals surface area contributed by atoms with Crippen molar-refractivity contribution in [1.29, 1.82) is 0 Å². The fourth-order valence-corrected chi connectivity index (χ4v) is 0.956. The van der Waals surface area contributed by atoms with Gasteiger partial charge in [-0.05, 0) is 12.1 Å². The third kappa shape index (κ3) is 1.43. The number of anilines is 2. The molecule has 0 saturated carbocycles. The van der Waals surface area contributed by atoms with Crippen LogP contribution in [-0.4, -0.2) is 11.1 Å². The maximum Gasteiger partial charge on any atom is 0.337 e. The van der Waals surface area contributed by atoms with Gasteiger partial charge in [-0.25, -0.2) is 4.79 Å². The lowest BCUT2D eigenvalue weighted by Gasteiger charge is -2.03. The quantitative estimate of drug-likeness (QED) is 0.575. The van der Waals surface area contributed by atoms with Gasteiger partial charge in [0, 0.05) is 5.69 Å². The number of carboxylic acid groups (broad SMARTS) is 1. The van der Waals surface area contributed by atoms with E-state index >= 15 is 0 Å². The molecule has 64 valence electrons. The number of aromatic carboxylic acids is 1. The van der Waals surface area contributed by atoms with Gasteiger partial charge in [0.15, 0.2) is 0 Å². The maximum absolute atomic E-state index is 10.5. The summed E-state index contributed by atoms with van der Waals surface area (Å²) in [6.07, 6.45) is 0. The average Bonchev–Trinajstić information content (AvgIpc) is 1.96. The van der Waals surface area contributed by atoms with Gasteiger partial charge in [-0.1, -0.05) is 11.6 Å². The molecule has 4 nitrogen and oxygen atoms in total. The van der Waals surface area contributed by atoms with Crippen molar-refractivity contribution in [3.8, 4) is 0 Å². The van der Waals surface area contributed by atoms with E-state index in [4.69, 9.17) is 28.2 Å². The van der Waals surface area contributed by atoms with Gasteiger partial charge in [-0.15, -0.1) is 0 Å². The van der Waals surface area contributed by atoms with E-state index in [2.05, 4.69) is 0 Å². The van der Waals surface area contributed by atoms with E-state index in [9.17, 15) is 4.79 Å². The molecule has 1 aromatic carbocycles. The summed E-state index contributed by atoms with van der Waals surface area (Å²) in [6, 6.07) is 2.56. The minimum absolute atomic E-state index is 0.0331. The van der Waals surface area contributed by atoms with Gasteiger partial charge in [0.2, 0.25) is 0 Å². The smallest absolute Gasteiger partial charge is 0.337 e. The highest BCUT2D eigenvalue weighted by molar-refractivity contribution is 6.33. The molecule has 0 aliphatic heterocycles. The zero-order valence-corrected chi connectivity index (χ0v) is 6.80. The van der Waals surface area contributed by atoms with E-state index in [-0.39, 0.29) is 22.0 Å². The molecule has 0 bridgehead atoms. The largest absolute Gasteiger partial charge is 0.478 e. The Bertz CT molecular complexity index is 338. The zero-order chi connectivity index (χ0) is 9.30. The minimum Gasteiger partial charge on any atom is -0.478 e. The lowest BCUT2D eigenvalue weighted by atomic mass is 10.1.